The molecule has 0 N–H and O–H groups in total. The molecule has 0 radical (unpaired) electrons. The molecule has 2 aromatic carbocycles. The average Bonchev–Trinajstić information content (AvgIpc) is 2.59. The van der Waals surface area contributed by atoms with Crippen LogP contribution in [0.25, 0.3) is 21.9 Å². The summed E-state index contributed by atoms with van der Waals surface area (Å²) in [5, 5.41) is 5.74. The van der Waals surface area contributed by atoms with Crippen LogP contribution in [0.3, 0.4) is 0 Å². The summed E-state index contributed by atoms with van der Waals surface area (Å²) in [7, 11) is 0. The van der Waals surface area contributed by atoms with Gasteiger partial charge in [0.25, 0.3) is 0 Å². The van der Waals surface area contributed by atoms with Gasteiger partial charge in [-0.1, -0.05) is 12.1 Å². The second-order valence-corrected chi connectivity index (χ2v) is 6.21. The second-order valence-electron chi connectivity index (χ2n) is 6.21. The predicted octanol–water partition coefficient (Wildman–Crippen LogP) is 3.17. The molecule has 0 unspecified atom stereocenters. The van der Waals surface area contributed by atoms with E-state index in [0.717, 1.165) is 27.6 Å². The Hall–Kier alpha value is -3.21. The molecule has 124 valence electrons. The summed E-state index contributed by atoms with van der Waals surface area (Å²) in [4.78, 5) is 24.0. The molecule has 4 rings (SSSR count). The third-order valence-corrected chi connectivity index (χ3v) is 4.53. The van der Waals surface area contributed by atoms with Crippen molar-refractivity contribution >= 4 is 21.9 Å². The van der Waals surface area contributed by atoms with Crippen LogP contribution in [-0.2, 0) is 6.54 Å². The maximum Gasteiger partial charge on any atom is 0.336 e. The fourth-order valence-corrected chi connectivity index (χ4v) is 3.06. The van der Waals surface area contributed by atoms with Crippen LogP contribution in [0.4, 0.5) is 0 Å². The molecular weight excluding hydrogens is 316 g/mol. The minimum atomic E-state index is -0.392. The Morgan fingerprint density at radius 3 is 2.60 bits per heavy atom. The number of rotatable bonds is 2. The highest BCUT2D eigenvalue weighted by Crippen LogP contribution is 2.22. The summed E-state index contributed by atoms with van der Waals surface area (Å²) in [6, 6.07) is 12.7. The van der Waals surface area contributed by atoms with Gasteiger partial charge < -0.3 is 4.42 Å². The van der Waals surface area contributed by atoms with Gasteiger partial charge >= 0.3 is 5.63 Å². The maximum absolute atomic E-state index is 12.0. The number of aryl methyl sites for hydroxylation is 2. The standard InChI is InChI=1S/C20H16N2O3/c1-12-7-16-14(9-20(24)25-19(16)8-13(12)2)11-22-17-6-4-3-5-15(17)18(23)10-21-22/h3-10H,11H2,1-2H3. The number of benzene rings is 2. The third-order valence-electron chi connectivity index (χ3n) is 4.53. The Morgan fingerprint density at radius 2 is 1.76 bits per heavy atom. The van der Waals surface area contributed by atoms with Crippen LogP contribution in [-0.4, -0.2) is 9.78 Å². The molecule has 0 aliphatic carbocycles. The zero-order valence-corrected chi connectivity index (χ0v) is 13.9. The van der Waals surface area contributed by atoms with Crippen molar-refractivity contribution in [3.63, 3.8) is 0 Å². The van der Waals surface area contributed by atoms with Gasteiger partial charge in [-0.25, -0.2) is 4.79 Å². The van der Waals surface area contributed by atoms with Gasteiger partial charge in [0.1, 0.15) is 5.58 Å². The van der Waals surface area contributed by atoms with Gasteiger partial charge in [0.05, 0.1) is 18.3 Å². The van der Waals surface area contributed by atoms with Crippen molar-refractivity contribution in [1.29, 1.82) is 0 Å². The average molecular weight is 332 g/mol. The van der Waals surface area contributed by atoms with E-state index < -0.39 is 5.63 Å². The Balaban J connectivity index is 1.95. The summed E-state index contributed by atoms with van der Waals surface area (Å²) in [6.45, 7) is 4.39. The molecule has 0 saturated heterocycles. The van der Waals surface area contributed by atoms with Gasteiger partial charge in [0.2, 0.25) is 5.43 Å². The van der Waals surface area contributed by atoms with Gasteiger partial charge in [-0.05, 0) is 54.8 Å². The SMILES string of the molecule is Cc1cc2oc(=O)cc(Cn3ncc(=O)c4ccccc43)c2cc1C. The van der Waals surface area contributed by atoms with Gasteiger partial charge in [-0.2, -0.15) is 5.10 Å². The monoisotopic (exact) mass is 332 g/mol. The highest BCUT2D eigenvalue weighted by molar-refractivity contribution is 5.82. The fraction of sp³-hybridized carbons (Fsp3) is 0.150. The molecule has 2 aromatic heterocycles. The predicted molar refractivity (Wildman–Crippen MR) is 97.1 cm³/mol. The molecule has 0 aliphatic heterocycles. The number of hydrogen-bond donors (Lipinski definition) is 0. The number of fused-ring (bicyclic) bond motifs is 2. The van der Waals surface area contributed by atoms with Crippen LogP contribution in [0.5, 0.6) is 0 Å². The number of hydrogen-bond acceptors (Lipinski definition) is 4. The lowest BCUT2D eigenvalue weighted by atomic mass is 10.0. The van der Waals surface area contributed by atoms with E-state index in [4.69, 9.17) is 4.42 Å². The third kappa shape index (κ3) is 2.63. The molecule has 0 aliphatic rings. The minimum Gasteiger partial charge on any atom is -0.423 e. The molecule has 5 nitrogen and oxygen atoms in total. The zero-order chi connectivity index (χ0) is 17.6. The molecular formula is C20H16N2O3. The number of nitrogens with zero attached hydrogens (tertiary/aromatic N) is 2. The van der Waals surface area contributed by atoms with E-state index in [2.05, 4.69) is 5.10 Å². The van der Waals surface area contributed by atoms with Gasteiger partial charge in [-0.3, -0.25) is 9.48 Å². The molecule has 0 amide bonds. The molecule has 0 saturated carbocycles. The van der Waals surface area contributed by atoms with Gasteiger partial charge in [0, 0.05) is 16.8 Å². The number of para-hydroxylation sites is 1. The zero-order valence-electron chi connectivity index (χ0n) is 13.9. The van der Waals surface area contributed by atoms with E-state index in [0.29, 0.717) is 17.5 Å². The molecule has 4 aromatic rings. The highest BCUT2D eigenvalue weighted by atomic mass is 16.4. The smallest absolute Gasteiger partial charge is 0.336 e. The first-order chi connectivity index (χ1) is 12.0. The molecule has 25 heavy (non-hydrogen) atoms. The molecule has 0 atom stereocenters. The maximum atomic E-state index is 12.0. The first-order valence-corrected chi connectivity index (χ1v) is 8.02. The lowest BCUT2D eigenvalue weighted by Gasteiger charge is -2.12. The summed E-state index contributed by atoms with van der Waals surface area (Å²) < 4.78 is 7.08. The Labute approximate surface area is 143 Å². The molecule has 0 fully saturated rings. The molecule has 0 spiro atoms. The highest BCUT2D eigenvalue weighted by Gasteiger charge is 2.10. The molecule has 0 bridgehead atoms. The van der Waals surface area contributed by atoms with Crippen LogP contribution in [0, 0.1) is 13.8 Å². The van der Waals surface area contributed by atoms with Crippen molar-refractivity contribution in [1.82, 2.24) is 9.78 Å². The van der Waals surface area contributed by atoms with Crippen LogP contribution >= 0.6 is 0 Å². The summed E-state index contributed by atoms with van der Waals surface area (Å²) >= 11 is 0. The van der Waals surface area contributed by atoms with Crippen LogP contribution in [0.1, 0.15) is 16.7 Å². The van der Waals surface area contributed by atoms with Gasteiger partial charge in [-0.15, -0.1) is 0 Å². The summed E-state index contributed by atoms with van der Waals surface area (Å²) in [5.41, 5.74) is 3.80. The van der Waals surface area contributed by atoms with Crippen molar-refractivity contribution in [2.24, 2.45) is 0 Å². The number of aromatic nitrogens is 2. The lowest BCUT2D eigenvalue weighted by Crippen LogP contribution is -2.14. The molecule has 2 heterocycles. The largest absolute Gasteiger partial charge is 0.423 e. The van der Waals surface area contributed by atoms with E-state index in [1.54, 1.807) is 10.7 Å². The minimum absolute atomic E-state index is 0.115. The topological polar surface area (TPSA) is 65.1 Å². The van der Waals surface area contributed by atoms with E-state index in [1.807, 2.05) is 44.2 Å². The Morgan fingerprint density at radius 1 is 1.00 bits per heavy atom. The van der Waals surface area contributed by atoms with E-state index in [-0.39, 0.29) is 5.43 Å². The van der Waals surface area contributed by atoms with Crippen molar-refractivity contribution in [2.75, 3.05) is 0 Å². The summed E-state index contributed by atoms with van der Waals surface area (Å²) in [5.74, 6) is 0. The van der Waals surface area contributed by atoms with Crippen molar-refractivity contribution in [3.05, 3.63) is 86.0 Å². The Kier molecular flexibility index (Phi) is 3.50. The first kappa shape index (κ1) is 15.3. The van der Waals surface area contributed by atoms with Crippen LogP contribution in [0.15, 0.2) is 62.7 Å². The molecule has 5 heteroatoms. The van der Waals surface area contributed by atoms with Gasteiger partial charge in [0.15, 0.2) is 0 Å². The van der Waals surface area contributed by atoms with Crippen molar-refractivity contribution < 1.29 is 4.42 Å². The second kappa shape index (κ2) is 5.70. The van der Waals surface area contributed by atoms with E-state index in [9.17, 15) is 9.59 Å². The van der Waals surface area contributed by atoms with Crippen LogP contribution < -0.4 is 11.1 Å². The Bertz CT molecular complexity index is 1240. The fourth-order valence-electron chi connectivity index (χ4n) is 3.06. The lowest BCUT2D eigenvalue weighted by molar-refractivity contribution is 0.556. The van der Waals surface area contributed by atoms with E-state index >= 15 is 0 Å². The van der Waals surface area contributed by atoms with Crippen molar-refractivity contribution in [3.8, 4) is 0 Å². The summed E-state index contributed by atoms with van der Waals surface area (Å²) in [6.07, 6.45) is 1.31. The van der Waals surface area contributed by atoms with E-state index in [1.165, 1.54) is 12.3 Å². The quantitative estimate of drug-likeness (QED) is 0.529. The normalized spacial score (nSPS) is 11.3. The first-order valence-electron chi connectivity index (χ1n) is 8.02. The van der Waals surface area contributed by atoms with Crippen LogP contribution in [0.2, 0.25) is 0 Å². The van der Waals surface area contributed by atoms with Crippen molar-refractivity contribution in [2.45, 2.75) is 20.4 Å².